The lowest BCUT2D eigenvalue weighted by atomic mass is 10.1. The molecule has 6 nitrogen and oxygen atoms in total. The predicted molar refractivity (Wildman–Crippen MR) is 94.8 cm³/mol. The van der Waals surface area contributed by atoms with Crippen LogP contribution in [0.3, 0.4) is 0 Å². The predicted octanol–water partition coefficient (Wildman–Crippen LogP) is 2.97. The van der Waals surface area contributed by atoms with E-state index in [4.69, 9.17) is 22.1 Å². The molecule has 3 rings (SSSR count). The molecular formula is C16H17Cl2FN2O4. The highest BCUT2D eigenvalue weighted by atomic mass is 35.5. The maximum absolute atomic E-state index is 14.3. The standard InChI is InChI=1S/C16H16ClFN2O4.ClH/c1-7(19)6-24-15-11(18)4-9-13(12(15)17)20(8-2-3-8)5-10(14(9)21)16(22)23;/h4-5,7-8H,2-3,6,19H2,1H3,(H,22,23);1H/t7-;/m1./s1. The Balaban J connectivity index is 0.00000225. The van der Waals surface area contributed by atoms with Crippen LogP contribution < -0.4 is 15.9 Å². The Kier molecular flexibility index (Phi) is 5.61. The van der Waals surface area contributed by atoms with E-state index in [1.54, 1.807) is 11.5 Å². The highest BCUT2D eigenvalue weighted by molar-refractivity contribution is 6.36. The molecule has 0 saturated heterocycles. The summed E-state index contributed by atoms with van der Waals surface area (Å²) in [5.74, 6) is -2.36. The Morgan fingerprint density at radius 1 is 1.56 bits per heavy atom. The minimum absolute atomic E-state index is 0. The number of carboxylic acids is 1. The van der Waals surface area contributed by atoms with Crippen LogP contribution in [0.5, 0.6) is 5.75 Å². The molecule has 1 fully saturated rings. The van der Waals surface area contributed by atoms with E-state index in [9.17, 15) is 19.1 Å². The molecule has 1 aliphatic rings. The molecule has 0 bridgehead atoms. The second kappa shape index (κ2) is 7.19. The summed E-state index contributed by atoms with van der Waals surface area (Å²) in [4.78, 5) is 23.7. The number of pyridine rings is 1. The quantitative estimate of drug-likeness (QED) is 0.817. The molecule has 25 heavy (non-hydrogen) atoms. The highest BCUT2D eigenvalue weighted by Crippen LogP contribution is 2.41. The molecule has 9 heteroatoms. The number of nitrogens with zero attached hydrogens (tertiary/aromatic N) is 1. The van der Waals surface area contributed by atoms with Crippen molar-refractivity contribution in [2.45, 2.75) is 31.8 Å². The van der Waals surface area contributed by atoms with Crippen LogP contribution in [0.4, 0.5) is 4.39 Å². The fourth-order valence-electron chi connectivity index (χ4n) is 2.56. The summed E-state index contributed by atoms with van der Waals surface area (Å²) >= 11 is 6.30. The first-order valence-corrected chi connectivity index (χ1v) is 7.87. The number of fused-ring (bicyclic) bond motifs is 1. The first-order chi connectivity index (χ1) is 11.3. The highest BCUT2D eigenvalue weighted by Gasteiger charge is 2.29. The number of aromatic nitrogens is 1. The fourth-order valence-corrected chi connectivity index (χ4v) is 2.91. The summed E-state index contributed by atoms with van der Waals surface area (Å²) in [5, 5.41) is 9.09. The average molecular weight is 391 g/mol. The van der Waals surface area contributed by atoms with Gasteiger partial charge in [-0.25, -0.2) is 9.18 Å². The van der Waals surface area contributed by atoms with E-state index >= 15 is 0 Å². The lowest BCUT2D eigenvalue weighted by Gasteiger charge is -2.17. The monoisotopic (exact) mass is 390 g/mol. The van der Waals surface area contributed by atoms with Gasteiger partial charge in [0.2, 0.25) is 5.43 Å². The molecule has 136 valence electrons. The summed E-state index contributed by atoms with van der Waals surface area (Å²) in [5.41, 5.74) is 4.72. The van der Waals surface area contributed by atoms with Gasteiger partial charge in [-0.15, -0.1) is 12.4 Å². The third-order valence-corrected chi connectivity index (χ3v) is 4.18. The van der Waals surface area contributed by atoms with Crippen molar-refractivity contribution in [2.24, 2.45) is 5.73 Å². The number of aromatic carboxylic acids is 1. The molecule has 1 atom stereocenters. The molecular weight excluding hydrogens is 374 g/mol. The zero-order chi connectivity index (χ0) is 17.6. The average Bonchev–Trinajstić information content (AvgIpc) is 3.32. The van der Waals surface area contributed by atoms with E-state index in [2.05, 4.69) is 0 Å². The van der Waals surface area contributed by atoms with Crippen LogP contribution >= 0.6 is 24.0 Å². The van der Waals surface area contributed by atoms with Gasteiger partial charge in [-0.3, -0.25) is 4.79 Å². The summed E-state index contributed by atoms with van der Waals surface area (Å²) in [7, 11) is 0. The number of carboxylic acid groups (broad SMARTS) is 1. The maximum atomic E-state index is 14.3. The molecule has 1 aromatic heterocycles. The van der Waals surface area contributed by atoms with Crippen LogP contribution in [0.25, 0.3) is 10.9 Å². The Morgan fingerprint density at radius 2 is 2.20 bits per heavy atom. The van der Waals surface area contributed by atoms with Crippen molar-refractivity contribution < 1.29 is 19.0 Å². The van der Waals surface area contributed by atoms with Crippen LogP contribution in [-0.2, 0) is 0 Å². The van der Waals surface area contributed by atoms with Crippen molar-refractivity contribution in [1.29, 1.82) is 0 Å². The molecule has 0 aliphatic heterocycles. The van der Waals surface area contributed by atoms with Crippen molar-refractivity contribution in [3.63, 3.8) is 0 Å². The molecule has 1 saturated carbocycles. The molecule has 0 unspecified atom stereocenters. The molecule has 0 radical (unpaired) electrons. The number of carbonyl (C=O) groups is 1. The van der Waals surface area contributed by atoms with Crippen molar-refractivity contribution in [3.8, 4) is 5.75 Å². The number of rotatable bonds is 5. The maximum Gasteiger partial charge on any atom is 0.341 e. The molecule has 1 aliphatic carbocycles. The Morgan fingerprint density at radius 3 is 2.72 bits per heavy atom. The summed E-state index contributed by atoms with van der Waals surface area (Å²) in [6.07, 6.45) is 2.94. The van der Waals surface area contributed by atoms with Crippen LogP contribution in [0.15, 0.2) is 17.1 Å². The van der Waals surface area contributed by atoms with Gasteiger partial charge in [-0.1, -0.05) is 11.6 Å². The van der Waals surface area contributed by atoms with Gasteiger partial charge in [-0.05, 0) is 25.8 Å². The number of ether oxygens (including phenoxy) is 1. The SMILES string of the molecule is C[C@@H](N)COc1c(F)cc2c(=O)c(C(=O)O)cn(C3CC3)c2c1Cl.Cl. The van der Waals surface area contributed by atoms with Gasteiger partial charge in [0.25, 0.3) is 0 Å². The van der Waals surface area contributed by atoms with Crippen molar-refractivity contribution in [1.82, 2.24) is 4.57 Å². The number of hydrogen-bond acceptors (Lipinski definition) is 4. The number of halogens is 3. The van der Waals surface area contributed by atoms with Crippen LogP contribution in [0.1, 0.15) is 36.2 Å². The second-order valence-corrected chi connectivity index (χ2v) is 6.38. The summed E-state index contributed by atoms with van der Waals surface area (Å²) < 4.78 is 21.3. The summed E-state index contributed by atoms with van der Waals surface area (Å²) in [6, 6.07) is 0.692. The van der Waals surface area contributed by atoms with E-state index in [-0.39, 0.29) is 52.8 Å². The van der Waals surface area contributed by atoms with E-state index in [0.717, 1.165) is 18.9 Å². The molecule has 0 spiro atoms. The number of nitrogens with two attached hydrogens (primary N) is 1. The van der Waals surface area contributed by atoms with Gasteiger partial charge in [-0.2, -0.15) is 0 Å². The minimum atomic E-state index is -1.36. The lowest BCUT2D eigenvalue weighted by molar-refractivity contribution is 0.0695. The number of benzene rings is 1. The van der Waals surface area contributed by atoms with Crippen molar-refractivity contribution in [3.05, 3.63) is 38.9 Å². The van der Waals surface area contributed by atoms with Crippen molar-refractivity contribution in [2.75, 3.05) is 6.61 Å². The van der Waals surface area contributed by atoms with E-state index in [0.29, 0.717) is 0 Å². The van der Waals surface area contributed by atoms with Gasteiger partial charge in [0, 0.05) is 18.3 Å². The summed E-state index contributed by atoms with van der Waals surface area (Å²) in [6.45, 7) is 1.76. The first-order valence-electron chi connectivity index (χ1n) is 7.49. The zero-order valence-corrected chi connectivity index (χ0v) is 14.9. The molecule has 1 heterocycles. The Labute approximate surface area is 153 Å². The van der Waals surface area contributed by atoms with E-state index in [1.807, 2.05) is 0 Å². The third kappa shape index (κ3) is 3.58. The minimum Gasteiger partial charge on any atom is -0.487 e. The number of hydrogen-bond donors (Lipinski definition) is 2. The van der Waals surface area contributed by atoms with E-state index in [1.165, 1.54) is 6.20 Å². The molecule has 0 amide bonds. The Bertz CT molecular complexity index is 894. The molecule has 1 aromatic carbocycles. The second-order valence-electron chi connectivity index (χ2n) is 6.00. The van der Waals surface area contributed by atoms with Crippen LogP contribution in [0.2, 0.25) is 5.02 Å². The van der Waals surface area contributed by atoms with Gasteiger partial charge in [0.1, 0.15) is 17.2 Å². The zero-order valence-electron chi connectivity index (χ0n) is 13.3. The van der Waals surface area contributed by atoms with Gasteiger partial charge in [0.15, 0.2) is 11.6 Å². The normalized spacial score (nSPS) is 14.9. The van der Waals surface area contributed by atoms with Gasteiger partial charge >= 0.3 is 5.97 Å². The van der Waals surface area contributed by atoms with E-state index < -0.39 is 22.8 Å². The first kappa shape index (κ1) is 19.5. The van der Waals surface area contributed by atoms with Gasteiger partial charge in [0.05, 0.1) is 10.9 Å². The Hall–Kier alpha value is -1.83. The van der Waals surface area contributed by atoms with Crippen molar-refractivity contribution >= 4 is 40.9 Å². The smallest absolute Gasteiger partial charge is 0.341 e. The lowest BCUT2D eigenvalue weighted by Crippen LogP contribution is -2.24. The van der Waals surface area contributed by atoms with Crippen LogP contribution in [-0.4, -0.2) is 28.3 Å². The molecule has 3 N–H and O–H groups in total. The molecule has 2 aromatic rings. The largest absolute Gasteiger partial charge is 0.487 e. The topological polar surface area (TPSA) is 94.6 Å². The third-order valence-electron chi connectivity index (χ3n) is 3.83. The van der Waals surface area contributed by atoms with Crippen LogP contribution in [0, 0.1) is 5.82 Å². The van der Waals surface area contributed by atoms with Gasteiger partial charge < -0.3 is 20.1 Å². The fraction of sp³-hybridized carbons (Fsp3) is 0.375.